The van der Waals surface area contributed by atoms with Crippen LogP contribution in [0.25, 0.3) is 0 Å². The standard InChI is InChI=1S/C23H36N4O2S/c1-3-24-22(25-18-23(30-2)9-12-28-13-10-23)27-16-20-21(17-27)29-14-11-26(20)15-19-7-5-4-6-8-19/h4-8,20-21H,3,9-18H2,1-2H3,(H,24,25). The molecule has 3 heterocycles. The zero-order valence-corrected chi connectivity index (χ0v) is 19.2. The Bertz CT molecular complexity index is 696. The van der Waals surface area contributed by atoms with E-state index in [1.54, 1.807) is 0 Å². The number of hydrogen-bond donors (Lipinski definition) is 1. The summed E-state index contributed by atoms with van der Waals surface area (Å²) in [6.07, 6.45) is 4.63. The summed E-state index contributed by atoms with van der Waals surface area (Å²) in [6.45, 7) is 10.3. The van der Waals surface area contributed by atoms with Crippen LogP contribution in [-0.2, 0) is 16.0 Å². The van der Waals surface area contributed by atoms with Crippen LogP contribution in [0.5, 0.6) is 0 Å². The third kappa shape index (κ3) is 5.13. The highest BCUT2D eigenvalue weighted by molar-refractivity contribution is 8.00. The number of likely N-dealkylation sites (tertiary alicyclic amines) is 1. The van der Waals surface area contributed by atoms with Crippen molar-refractivity contribution in [3.8, 4) is 0 Å². The topological polar surface area (TPSA) is 49.3 Å². The van der Waals surface area contributed by atoms with Crippen LogP contribution >= 0.6 is 11.8 Å². The maximum atomic E-state index is 6.18. The van der Waals surface area contributed by atoms with Gasteiger partial charge in [-0.05, 0) is 31.6 Å². The summed E-state index contributed by atoms with van der Waals surface area (Å²) < 4.78 is 12.0. The molecule has 2 unspecified atom stereocenters. The molecule has 0 amide bonds. The average Bonchev–Trinajstić information content (AvgIpc) is 3.23. The first-order valence-electron chi connectivity index (χ1n) is 11.3. The number of nitrogens with zero attached hydrogens (tertiary/aromatic N) is 3. The van der Waals surface area contributed by atoms with E-state index in [1.807, 2.05) is 11.8 Å². The lowest BCUT2D eigenvalue weighted by Crippen LogP contribution is -2.50. The van der Waals surface area contributed by atoms with E-state index in [1.165, 1.54) is 5.56 Å². The first kappa shape index (κ1) is 21.9. The highest BCUT2D eigenvalue weighted by atomic mass is 32.2. The Balaban J connectivity index is 1.44. The molecule has 0 aliphatic carbocycles. The monoisotopic (exact) mass is 432 g/mol. The second-order valence-corrected chi connectivity index (χ2v) is 9.78. The number of ether oxygens (including phenoxy) is 2. The maximum absolute atomic E-state index is 6.18. The van der Waals surface area contributed by atoms with Gasteiger partial charge in [0, 0.05) is 50.7 Å². The number of fused-ring (bicyclic) bond motifs is 1. The molecule has 0 spiro atoms. The molecule has 7 heteroatoms. The molecule has 4 rings (SSSR count). The average molecular weight is 433 g/mol. The molecule has 3 fully saturated rings. The summed E-state index contributed by atoms with van der Waals surface area (Å²) in [4.78, 5) is 10.1. The second-order valence-electron chi connectivity index (χ2n) is 8.51. The summed E-state index contributed by atoms with van der Waals surface area (Å²) >= 11 is 1.95. The SMILES string of the molecule is CCNC(=NCC1(SC)CCOCC1)N1CC2OCCN(Cc3ccccc3)C2C1. The van der Waals surface area contributed by atoms with Gasteiger partial charge in [-0.2, -0.15) is 11.8 Å². The normalized spacial score (nSPS) is 27.1. The van der Waals surface area contributed by atoms with Crippen molar-refractivity contribution in [1.82, 2.24) is 15.1 Å². The van der Waals surface area contributed by atoms with E-state index in [0.29, 0.717) is 6.04 Å². The zero-order valence-electron chi connectivity index (χ0n) is 18.4. The van der Waals surface area contributed by atoms with Crippen LogP contribution in [0.1, 0.15) is 25.3 Å². The number of morpholine rings is 1. The summed E-state index contributed by atoms with van der Waals surface area (Å²) in [5.74, 6) is 1.04. The van der Waals surface area contributed by atoms with Crippen molar-refractivity contribution in [2.45, 2.75) is 43.2 Å². The van der Waals surface area contributed by atoms with Gasteiger partial charge in [0.25, 0.3) is 0 Å². The van der Waals surface area contributed by atoms with Crippen LogP contribution in [0, 0.1) is 0 Å². The van der Waals surface area contributed by atoms with Gasteiger partial charge < -0.3 is 19.7 Å². The minimum Gasteiger partial charge on any atom is -0.381 e. The van der Waals surface area contributed by atoms with Gasteiger partial charge in [-0.1, -0.05) is 30.3 Å². The zero-order chi connectivity index (χ0) is 20.8. The van der Waals surface area contributed by atoms with Crippen molar-refractivity contribution in [1.29, 1.82) is 0 Å². The van der Waals surface area contributed by atoms with Crippen molar-refractivity contribution in [3.05, 3.63) is 35.9 Å². The minimum absolute atomic E-state index is 0.210. The van der Waals surface area contributed by atoms with Crippen molar-refractivity contribution in [2.24, 2.45) is 4.99 Å². The molecule has 3 aliphatic heterocycles. The molecular formula is C23H36N4O2S. The molecule has 1 aromatic rings. The van der Waals surface area contributed by atoms with Gasteiger partial charge in [0.1, 0.15) is 0 Å². The van der Waals surface area contributed by atoms with E-state index in [-0.39, 0.29) is 10.9 Å². The van der Waals surface area contributed by atoms with Crippen LogP contribution in [-0.4, -0.2) is 91.5 Å². The smallest absolute Gasteiger partial charge is 0.194 e. The second kappa shape index (κ2) is 10.4. The Kier molecular flexibility index (Phi) is 7.57. The van der Waals surface area contributed by atoms with E-state index in [2.05, 4.69) is 58.6 Å². The van der Waals surface area contributed by atoms with Crippen LogP contribution in [0.4, 0.5) is 0 Å². The van der Waals surface area contributed by atoms with Gasteiger partial charge in [0.2, 0.25) is 0 Å². The lowest BCUT2D eigenvalue weighted by atomic mass is 9.99. The number of hydrogen-bond acceptors (Lipinski definition) is 5. The fourth-order valence-corrected chi connectivity index (χ4v) is 5.53. The molecule has 2 atom stereocenters. The highest BCUT2D eigenvalue weighted by Gasteiger charge is 2.41. The first-order valence-corrected chi connectivity index (χ1v) is 12.5. The highest BCUT2D eigenvalue weighted by Crippen LogP contribution is 2.34. The molecule has 6 nitrogen and oxygen atoms in total. The van der Waals surface area contributed by atoms with Crippen LogP contribution in [0.15, 0.2) is 35.3 Å². The lowest BCUT2D eigenvalue weighted by molar-refractivity contribution is -0.0502. The summed E-state index contributed by atoms with van der Waals surface area (Å²) in [5.41, 5.74) is 1.37. The van der Waals surface area contributed by atoms with E-state index < -0.39 is 0 Å². The minimum atomic E-state index is 0.210. The molecular weight excluding hydrogens is 396 g/mol. The van der Waals surface area contributed by atoms with E-state index in [9.17, 15) is 0 Å². The number of thioether (sulfide) groups is 1. The van der Waals surface area contributed by atoms with Crippen LogP contribution in [0.2, 0.25) is 0 Å². The van der Waals surface area contributed by atoms with Crippen molar-refractivity contribution < 1.29 is 9.47 Å². The fraction of sp³-hybridized carbons (Fsp3) is 0.696. The molecule has 1 N–H and O–H groups in total. The molecule has 0 saturated carbocycles. The van der Waals surface area contributed by atoms with Crippen molar-refractivity contribution in [2.75, 3.05) is 58.8 Å². The summed E-state index contributed by atoms with van der Waals surface area (Å²) in [6, 6.07) is 11.2. The molecule has 0 bridgehead atoms. The Labute approximate surface area is 185 Å². The van der Waals surface area contributed by atoms with Crippen LogP contribution < -0.4 is 5.32 Å². The predicted octanol–water partition coefficient (Wildman–Crippen LogP) is 2.45. The number of nitrogens with one attached hydrogen (secondary N) is 1. The molecule has 30 heavy (non-hydrogen) atoms. The van der Waals surface area contributed by atoms with Crippen molar-refractivity contribution >= 4 is 17.7 Å². The van der Waals surface area contributed by atoms with Gasteiger partial charge in [-0.25, -0.2) is 0 Å². The number of aliphatic imine (C=N–C) groups is 1. The first-order chi connectivity index (χ1) is 14.7. The third-order valence-corrected chi connectivity index (χ3v) is 8.04. The fourth-order valence-electron chi connectivity index (χ4n) is 4.76. The molecule has 0 aromatic heterocycles. The number of benzene rings is 1. The van der Waals surface area contributed by atoms with E-state index in [0.717, 1.165) is 77.9 Å². The molecule has 166 valence electrons. The Hall–Kier alpha value is -1.28. The largest absolute Gasteiger partial charge is 0.381 e. The Morgan fingerprint density at radius 2 is 2.00 bits per heavy atom. The maximum Gasteiger partial charge on any atom is 0.194 e. The van der Waals surface area contributed by atoms with Crippen LogP contribution in [0.3, 0.4) is 0 Å². The number of guanidine groups is 1. The quantitative estimate of drug-likeness (QED) is 0.551. The van der Waals surface area contributed by atoms with Gasteiger partial charge in [0.05, 0.1) is 25.3 Å². The molecule has 0 radical (unpaired) electrons. The molecule has 1 aromatic carbocycles. The van der Waals surface area contributed by atoms with Gasteiger partial charge in [0.15, 0.2) is 5.96 Å². The van der Waals surface area contributed by atoms with Gasteiger partial charge >= 0.3 is 0 Å². The lowest BCUT2D eigenvalue weighted by Gasteiger charge is -2.36. The van der Waals surface area contributed by atoms with Gasteiger partial charge in [-0.3, -0.25) is 9.89 Å². The molecule has 3 saturated heterocycles. The van der Waals surface area contributed by atoms with Crippen molar-refractivity contribution in [3.63, 3.8) is 0 Å². The summed E-state index contributed by atoms with van der Waals surface area (Å²) in [7, 11) is 0. The van der Waals surface area contributed by atoms with E-state index in [4.69, 9.17) is 14.5 Å². The predicted molar refractivity (Wildman–Crippen MR) is 124 cm³/mol. The third-order valence-electron chi connectivity index (χ3n) is 6.63. The summed E-state index contributed by atoms with van der Waals surface area (Å²) in [5, 5.41) is 3.54. The number of rotatable bonds is 6. The van der Waals surface area contributed by atoms with Gasteiger partial charge in [-0.15, -0.1) is 0 Å². The molecule has 3 aliphatic rings. The van der Waals surface area contributed by atoms with E-state index >= 15 is 0 Å². The Morgan fingerprint density at radius 1 is 1.20 bits per heavy atom. The Morgan fingerprint density at radius 3 is 2.73 bits per heavy atom.